The fourth-order valence-electron chi connectivity index (χ4n) is 2.94. The Morgan fingerprint density at radius 1 is 1.06 bits per heavy atom. The Balaban J connectivity index is 2.69. The van der Waals surface area contributed by atoms with Gasteiger partial charge in [0.25, 0.3) is 0 Å². The quantitative estimate of drug-likeness (QED) is 0.450. The van der Waals surface area contributed by atoms with Crippen molar-refractivity contribution in [3.8, 4) is 0 Å². The van der Waals surface area contributed by atoms with E-state index in [2.05, 4.69) is 51.9 Å². The minimum absolute atomic E-state index is 0.205. The Hall–Kier alpha value is -1.31. The van der Waals surface area contributed by atoms with E-state index in [0.29, 0.717) is 0 Å². The van der Waals surface area contributed by atoms with E-state index in [0.717, 1.165) is 5.56 Å². The molecule has 0 radical (unpaired) electrons. The van der Waals surface area contributed by atoms with Gasteiger partial charge in [0.1, 0.15) is 0 Å². The highest BCUT2D eigenvalue weighted by Gasteiger charge is 2.37. The number of hydrogen-bond donors (Lipinski definition) is 1. The van der Waals surface area contributed by atoms with E-state index in [4.69, 9.17) is 5.21 Å². The van der Waals surface area contributed by atoms with Gasteiger partial charge in [0.2, 0.25) is 0 Å². The van der Waals surface area contributed by atoms with Crippen molar-refractivity contribution in [3.05, 3.63) is 34.4 Å². The lowest BCUT2D eigenvalue weighted by molar-refractivity contribution is 0.321. The second-order valence-electron chi connectivity index (χ2n) is 6.77. The van der Waals surface area contributed by atoms with Crippen LogP contribution in [0.1, 0.15) is 62.8 Å². The zero-order valence-electron chi connectivity index (χ0n) is 12.0. The van der Waals surface area contributed by atoms with Crippen molar-refractivity contribution in [3.63, 3.8) is 0 Å². The Kier molecular flexibility index (Phi) is 3.00. The van der Waals surface area contributed by atoms with Gasteiger partial charge in [-0.05, 0) is 58.9 Å². The van der Waals surface area contributed by atoms with Crippen LogP contribution in [0, 0.1) is 6.92 Å². The largest absolute Gasteiger partial charge is 0.411 e. The molecule has 0 atom stereocenters. The van der Waals surface area contributed by atoms with Gasteiger partial charge in [0.05, 0.1) is 6.21 Å². The maximum Gasteiger partial charge on any atom is 0.0736 e. The highest BCUT2D eigenvalue weighted by atomic mass is 16.4. The Morgan fingerprint density at radius 2 is 1.56 bits per heavy atom. The summed E-state index contributed by atoms with van der Waals surface area (Å²) in [5.74, 6) is 0. The third kappa shape index (κ3) is 2.05. The molecule has 18 heavy (non-hydrogen) atoms. The molecule has 0 unspecified atom stereocenters. The molecule has 0 aliphatic heterocycles. The smallest absolute Gasteiger partial charge is 0.0736 e. The molecule has 1 aliphatic rings. The van der Waals surface area contributed by atoms with Crippen LogP contribution in [0.2, 0.25) is 0 Å². The Labute approximate surface area is 110 Å². The molecule has 98 valence electrons. The van der Waals surface area contributed by atoms with Crippen molar-refractivity contribution in [2.75, 3.05) is 0 Å². The summed E-state index contributed by atoms with van der Waals surface area (Å²) in [5, 5.41) is 11.9. The summed E-state index contributed by atoms with van der Waals surface area (Å²) < 4.78 is 0. The van der Waals surface area contributed by atoms with Gasteiger partial charge in [-0.1, -0.05) is 38.9 Å². The normalized spacial score (nSPS) is 20.9. The Morgan fingerprint density at radius 3 is 2.06 bits per heavy atom. The van der Waals surface area contributed by atoms with Crippen molar-refractivity contribution >= 4 is 6.21 Å². The van der Waals surface area contributed by atoms with Gasteiger partial charge in [-0.25, -0.2) is 0 Å². The van der Waals surface area contributed by atoms with Crippen LogP contribution < -0.4 is 0 Å². The van der Waals surface area contributed by atoms with Gasteiger partial charge < -0.3 is 5.21 Å². The summed E-state index contributed by atoms with van der Waals surface area (Å²) in [6.07, 6.45) is 3.96. The average Bonchev–Trinajstić information content (AvgIpc) is 2.27. The molecule has 0 saturated carbocycles. The molecule has 0 heterocycles. The molecule has 0 saturated heterocycles. The molecule has 1 aromatic carbocycles. The maximum absolute atomic E-state index is 8.75. The summed E-state index contributed by atoms with van der Waals surface area (Å²) in [4.78, 5) is 0. The molecule has 0 spiro atoms. The van der Waals surface area contributed by atoms with Crippen LogP contribution in [0.5, 0.6) is 0 Å². The minimum Gasteiger partial charge on any atom is -0.411 e. The van der Waals surface area contributed by atoms with Crippen LogP contribution in [0.25, 0.3) is 0 Å². The molecule has 0 bridgehead atoms. The number of hydrogen-bond acceptors (Lipinski definition) is 2. The molecule has 1 aliphatic carbocycles. The number of fused-ring (bicyclic) bond motifs is 1. The van der Waals surface area contributed by atoms with Crippen LogP contribution >= 0.6 is 0 Å². The SMILES string of the molecule is Cc1cc2c(cc1C=NO)C(C)(C)CCC2(C)C. The number of nitrogens with zero attached hydrogens (tertiary/aromatic N) is 1. The summed E-state index contributed by atoms with van der Waals surface area (Å²) >= 11 is 0. The van der Waals surface area contributed by atoms with Gasteiger partial charge in [-0.2, -0.15) is 0 Å². The third-order valence-corrected chi connectivity index (χ3v) is 4.44. The van der Waals surface area contributed by atoms with Crippen LogP contribution in [0.3, 0.4) is 0 Å². The van der Waals surface area contributed by atoms with Crippen LogP contribution in [-0.4, -0.2) is 11.4 Å². The second kappa shape index (κ2) is 4.11. The lowest BCUT2D eigenvalue weighted by Gasteiger charge is -2.42. The number of benzene rings is 1. The van der Waals surface area contributed by atoms with Crippen LogP contribution in [-0.2, 0) is 10.8 Å². The fraction of sp³-hybridized carbons (Fsp3) is 0.562. The molecule has 1 aromatic rings. The number of rotatable bonds is 1. The molecule has 0 aromatic heterocycles. The van der Waals surface area contributed by atoms with E-state index in [1.165, 1.54) is 35.7 Å². The van der Waals surface area contributed by atoms with Crippen molar-refractivity contribution in [2.24, 2.45) is 5.16 Å². The van der Waals surface area contributed by atoms with Crippen molar-refractivity contribution in [2.45, 2.75) is 58.3 Å². The minimum atomic E-state index is 0.205. The van der Waals surface area contributed by atoms with E-state index < -0.39 is 0 Å². The first-order chi connectivity index (χ1) is 8.28. The third-order valence-electron chi connectivity index (χ3n) is 4.44. The lowest BCUT2D eigenvalue weighted by atomic mass is 9.62. The summed E-state index contributed by atoms with van der Waals surface area (Å²) in [7, 11) is 0. The zero-order chi connectivity index (χ0) is 13.6. The number of oxime groups is 1. The maximum atomic E-state index is 8.75. The topological polar surface area (TPSA) is 32.6 Å². The van der Waals surface area contributed by atoms with Gasteiger partial charge >= 0.3 is 0 Å². The molecule has 1 N–H and O–H groups in total. The van der Waals surface area contributed by atoms with E-state index >= 15 is 0 Å². The second-order valence-corrected chi connectivity index (χ2v) is 6.77. The lowest BCUT2D eigenvalue weighted by Crippen LogP contribution is -2.34. The molecular formula is C16H23NO. The Bertz CT molecular complexity index is 498. The van der Waals surface area contributed by atoms with Gasteiger partial charge in [-0.3, -0.25) is 0 Å². The van der Waals surface area contributed by atoms with Crippen molar-refractivity contribution in [1.29, 1.82) is 0 Å². The fourth-order valence-corrected chi connectivity index (χ4v) is 2.94. The standard InChI is InChI=1S/C16H23NO/c1-11-8-13-14(9-12(11)10-17-18)16(4,5)7-6-15(13,2)3/h8-10,18H,6-7H2,1-5H3. The van der Waals surface area contributed by atoms with E-state index in [1.807, 2.05) is 0 Å². The highest BCUT2D eigenvalue weighted by Crippen LogP contribution is 2.46. The van der Waals surface area contributed by atoms with Crippen molar-refractivity contribution in [1.82, 2.24) is 0 Å². The highest BCUT2D eigenvalue weighted by molar-refractivity contribution is 5.82. The van der Waals surface area contributed by atoms with E-state index in [9.17, 15) is 0 Å². The predicted molar refractivity (Wildman–Crippen MR) is 75.8 cm³/mol. The summed E-state index contributed by atoms with van der Waals surface area (Å²) in [6, 6.07) is 4.47. The average molecular weight is 245 g/mol. The van der Waals surface area contributed by atoms with E-state index in [-0.39, 0.29) is 10.8 Å². The van der Waals surface area contributed by atoms with Gasteiger partial charge in [0, 0.05) is 0 Å². The first kappa shape index (κ1) is 13.1. The molecule has 0 amide bonds. The molecule has 2 rings (SSSR count). The predicted octanol–water partition coefficient (Wildman–Crippen LogP) is 4.15. The molecule has 2 heteroatoms. The molecule has 2 nitrogen and oxygen atoms in total. The zero-order valence-corrected chi connectivity index (χ0v) is 12.0. The monoisotopic (exact) mass is 245 g/mol. The molecule has 0 fully saturated rings. The first-order valence-corrected chi connectivity index (χ1v) is 6.61. The van der Waals surface area contributed by atoms with Gasteiger partial charge in [-0.15, -0.1) is 0 Å². The van der Waals surface area contributed by atoms with Gasteiger partial charge in [0.15, 0.2) is 0 Å². The summed E-state index contributed by atoms with van der Waals surface area (Å²) in [6.45, 7) is 11.3. The van der Waals surface area contributed by atoms with Crippen molar-refractivity contribution < 1.29 is 5.21 Å². The van der Waals surface area contributed by atoms with E-state index in [1.54, 1.807) is 0 Å². The molecular weight excluding hydrogens is 222 g/mol. The van der Waals surface area contributed by atoms with Crippen LogP contribution in [0.15, 0.2) is 17.3 Å². The number of aryl methyl sites for hydroxylation is 1. The summed E-state index contributed by atoms with van der Waals surface area (Å²) in [5.41, 5.74) is 5.49. The first-order valence-electron chi connectivity index (χ1n) is 6.61. The van der Waals surface area contributed by atoms with Crippen LogP contribution in [0.4, 0.5) is 0 Å².